The van der Waals surface area contributed by atoms with Crippen LogP contribution in [0.2, 0.25) is 0 Å². The van der Waals surface area contributed by atoms with Crippen molar-refractivity contribution < 1.29 is 9.90 Å². The summed E-state index contributed by atoms with van der Waals surface area (Å²) in [7, 11) is 2.00. The predicted molar refractivity (Wildman–Crippen MR) is 72.5 cm³/mol. The topological polar surface area (TPSA) is 69.6 Å². The van der Waals surface area contributed by atoms with Crippen LogP contribution in [0.25, 0.3) is 0 Å². The first-order chi connectivity index (χ1) is 9.01. The molecule has 0 radical (unpaired) electrons. The Morgan fingerprint density at radius 1 is 1.47 bits per heavy atom. The van der Waals surface area contributed by atoms with E-state index in [1.54, 1.807) is 0 Å². The maximum absolute atomic E-state index is 11.8. The molecular weight excluding hydrogens is 264 g/mol. The zero-order valence-electron chi connectivity index (χ0n) is 11.2. The monoisotopic (exact) mass is 282 g/mol. The lowest BCUT2D eigenvalue weighted by molar-refractivity contribution is -0.153. The zero-order valence-corrected chi connectivity index (χ0v) is 12.0. The summed E-state index contributed by atoms with van der Waals surface area (Å²) in [6, 6.07) is 0. The number of likely N-dealkylation sites (tertiary alicyclic amines) is 1. The first-order valence-corrected chi connectivity index (χ1v) is 7.30. The minimum atomic E-state index is -0.673. The lowest BCUT2D eigenvalue weighted by Gasteiger charge is -2.39. The van der Waals surface area contributed by atoms with Crippen LogP contribution in [0.4, 0.5) is 5.13 Å². The molecule has 3 heterocycles. The molecule has 1 N–H and O–H groups in total. The van der Waals surface area contributed by atoms with Crippen LogP contribution >= 0.6 is 11.3 Å². The number of hydrogen-bond donors (Lipinski definition) is 1. The molecule has 2 aliphatic heterocycles. The van der Waals surface area contributed by atoms with Crippen molar-refractivity contribution in [2.45, 2.75) is 13.3 Å². The third-order valence-corrected chi connectivity index (χ3v) is 5.22. The third kappa shape index (κ3) is 2.01. The number of nitrogens with zero attached hydrogens (tertiary/aromatic N) is 4. The number of aryl methyl sites for hydroxylation is 1. The van der Waals surface area contributed by atoms with Crippen LogP contribution < -0.4 is 4.90 Å². The second-order valence-electron chi connectivity index (χ2n) is 5.67. The molecule has 2 aliphatic rings. The molecule has 7 heteroatoms. The van der Waals surface area contributed by atoms with Gasteiger partial charge in [0.15, 0.2) is 0 Å². The summed E-state index contributed by atoms with van der Waals surface area (Å²) in [4.78, 5) is 16.0. The molecule has 1 aromatic heterocycles. The molecule has 6 nitrogen and oxygen atoms in total. The minimum absolute atomic E-state index is 0.213. The average molecular weight is 282 g/mol. The van der Waals surface area contributed by atoms with Gasteiger partial charge in [0.25, 0.3) is 0 Å². The van der Waals surface area contributed by atoms with E-state index in [1.807, 2.05) is 14.0 Å². The van der Waals surface area contributed by atoms with Gasteiger partial charge in [0.05, 0.1) is 0 Å². The van der Waals surface area contributed by atoms with E-state index < -0.39 is 11.4 Å². The molecule has 0 bridgehead atoms. The van der Waals surface area contributed by atoms with Gasteiger partial charge in [-0.2, -0.15) is 0 Å². The Morgan fingerprint density at radius 3 is 2.89 bits per heavy atom. The molecule has 0 aliphatic carbocycles. The molecular formula is C12H18N4O2S. The number of piperidine rings is 1. The van der Waals surface area contributed by atoms with Gasteiger partial charge in [0, 0.05) is 19.6 Å². The van der Waals surface area contributed by atoms with Crippen molar-refractivity contribution in [1.29, 1.82) is 0 Å². The Morgan fingerprint density at radius 2 is 2.26 bits per heavy atom. The van der Waals surface area contributed by atoms with Crippen LogP contribution in [-0.2, 0) is 4.79 Å². The highest BCUT2D eigenvalue weighted by molar-refractivity contribution is 7.15. The van der Waals surface area contributed by atoms with Gasteiger partial charge in [-0.15, -0.1) is 10.2 Å². The van der Waals surface area contributed by atoms with Crippen LogP contribution in [0.1, 0.15) is 11.4 Å². The van der Waals surface area contributed by atoms with Crippen LogP contribution in [0.5, 0.6) is 0 Å². The number of fused-ring (bicyclic) bond motifs is 1. The van der Waals surface area contributed by atoms with Crippen LogP contribution in [0, 0.1) is 18.3 Å². The molecule has 3 rings (SSSR count). The van der Waals surface area contributed by atoms with E-state index in [0.717, 1.165) is 29.6 Å². The van der Waals surface area contributed by atoms with Crippen LogP contribution in [0.3, 0.4) is 0 Å². The van der Waals surface area contributed by atoms with Gasteiger partial charge < -0.3 is 14.9 Å². The van der Waals surface area contributed by atoms with Crippen molar-refractivity contribution >= 4 is 22.4 Å². The molecule has 0 amide bonds. The Bertz CT molecular complexity index is 506. The van der Waals surface area contributed by atoms with E-state index in [1.165, 1.54) is 11.3 Å². The van der Waals surface area contributed by atoms with E-state index in [0.29, 0.717) is 13.1 Å². The summed E-state index contributed by atoms with van der Waals surface area (Å²) in [5, 5.41) is 19.7. The van der Waals surface area contributed by atoms with Crippen molar-refractivity contribution in [3.05, 3.63) is 5.01 Å². The van der Waals surface area contributed by atoms with Gasteiger partial charge in [0.1, 0.15) is 10.4 Å². The molecule has 0 aromatic carbocycles. The fourth-order valence-electron chi connectivity index (χ4n) is 3.33. The Kier molecular flexibility index (Phi) is 2.98. The van der Waals surface area contributed by atoms with Crippen molar-refractivity contribution in [3.8, 4) is 0 Å². The van der Waals surface area contributed by atoms with Crippen molar-refractivity contribution in [2.75, 3.05) is 38.1 Å². The molecule has 2 atom stereocenters. The maximum Gasteiger partial charge on any atom is 0.313 e. The quantitative estimate of drug-likeness (QED) is 0.860. The third-order valence-electron chi connectivity index (χ3n) is 4.32. The summed E-state index contributed by atoms with van der Waals surface area (Å²) >= 11 is 1.54. The van der Waals surface area contributed by atoms with Crippen LogP contribution in [-0.4, -0.2) is 59.4 Å². The Balaban J connectivity index is 1.89. The number of hydrogen-bond acceptors (Lipinski definition) is 6. The first kappa shape index (κ1) is 12.8. The van der Waals surface area contributed by atoms with E-state index in [2.05, 4.69) is 20.0 Å². The number of carbonyl (C=O) groups is 1. The molecule has 2 saturated heterocycles. The van der Waals surface area contributed by atoms with Gasteiger partial charge in [-0.25, -0.2) is 0 Å². The molecule has 19 heavy (non-hydrogen) atoms. The lowest BCUT2D eigenvalue weighted by Crippen LogP contribution is -2.52. The summed E-state index contributed by atoms with van der Waals surface area (Å²) < 4.78 is 0. The normalized spacial score (nSPS) is 31.5. The van der Waals surface area contributed by atoms with Crippen LogP contribution in [0.15, 0.2) is 0 Å². The number of aromatic nitrogens is 2. The van der Waals surface area contributed by atoms with E-state index in [4.69, 9.17) is 0 Å². The maximum atomic E-state index is 11.8. The number of anilines is 1. The Hall–Kier alpha value is -1.21. The highest BCUT2D eigenvalue weighted by Crippen LogP contribution is 2.44. The molecule has 1 aromatic rings. The van der Waals surface area contributed by atoms with Gasteiger partial charge in [-0.1, -0.05) is 11.3 Å². The standard InChI is InChI=1S/C12H18N4O2S/c1-8-13-14-11(19-8)16-5-9-3-4-15(2)6-12(9,7-16)10(17)18/h9H,3-7H2,1-2H3,(H,17,18)/t9-,12-/m1/s1. The number of aliphatic carboxylic acids is 1. The SMILES string of the molecule is Cc1nnc(N2C[C@H]3CCN(C)C[C@@]3(C(=O)O)C2)s1. The van der Waals surface area contributed by atoms with Gasteiger partial charge in [-0.3, -0.25) is 4.79 Å². The fourth-order valence-corrected chi connectivity index (χ4v) is 4.02. The van der Waals surface area contributed by atoms with Gasteiger partial charge in [0.2, 0.25) is 5.13 Å². The molecule has 0 spiro atoms. The first-order valence-electron chi connectivity index (χ1n) is 6.48. The van der Waals surface area contributed by atoms with Crippen molar-refractivity contribution in [1.82, 2.24) is 15.1 Å². The summed E-state index contributed by atoms with van der Waals surface area (Å²) in [6.45, 7) is 4.86. The fraction of sp³-hybridized carbons (Fsp3) is 0.750. The lowest BCUT2D eigenvalue weighted by atomic mass is 9.73. The number of carboxylic acid groups (broad SMARTS) is 1. The smallest absolute Gasteiger partial charge is 0.313 e. The van der Waals surface area contributed by atoms with E-state index in [-0.39, 0.29) is 5.92 Å². The summed E-state index contributed by atoms with van der Waals surface area (Å²) in [6.07, 6.45) is 0.942. The summed E-state index contributed by atoms with van der Waals surface area (Å²) in [5.74, 6) is -0.460. The molecule has 0 unspecified atom stereocenters. The van der Waals surface area contributed by atoms with Gasteiger partial charge >= 0.3 is 5.97 Å². The Labute approximate surface area is 116 Å². The zero-order chi connectivity index (χ0) is 13.6. The highest BCUT2D eigenvalue weighted by atomic mass is 32.1. The van der Waals surface area contributed by atoms with Crippen molar-refractivity contribution in [3.63, 3.8) is 0 Å². The second-order valence-corrected chi connectivity index (χ2v) is 6.83. The van der Waals surface area contributed by atoms with Crippen molar-refractivity contribution in [2.24, 2.45) is 11.3 Å². The molecule has 2 fully saturated rings. The van der Waals surface area contributed by atoms with E-state index in [9.17, 15) is 9.90 Å². The molecule has 104 valence electrons. The minimum Gasteiger partial charge on any atom is -0.481 e. The number of carboxylic acids is 1. The van der Waals surface area contributed by atoms with Gasteiger partial charge in [-0.05, 0) is 32.9 Å². The largest absolute Gasteiger partial charge is 0.481 e. The molecule has 0 saturated carbocycles. The average Bonchev–Trinajstić information content (AvgIpc) is 2.92. The van der Waals surface area contributed by atoms with E-state index >= 15 is 0 Å². The highest BCUT2D eigenvalue weighted by Gasteiger charge is 2.55. The second kappa shape index (κ2) is 4.42. The predicted octanol–water partition coefficient (Wildman–Crippen LogP) is 0.689. The summed E-state index contributed by atoms with van der Waals surface area (Å²) in [5.41, 5.74) is -0.646. The number of rotatable bonds is 2.